The number of hydrogen-bond acceptors (Lipinski definition) is 7. The van der Waals surface area contributed by atoms with Crippen LogP contribution in [0.15, 0.2) is 0 Å². The van der Waals surface area contributed by atoms with Gasteiger partial charge < -0.3 is 20.7 Å². The maximum atomic E-state index is 12.6. The van der Waals surface area contributed by atoms with Gasteiger partial charge in [-0.25, -0.2) is 0 Å². The zero-order chi connectivity index (χ0) is 21.8. The van der Waals surface area contributed by atoms with E-state index in [1.54, 1.807) is 0 Å². The molecule has 10 heteroatoms. The molecule has 0 atom stereocenters. The molecule has 3 heterocycles. The first-order valence-corrected chi connectivity index (χ1v) is 11.9. The van der Waals surface area contributed by atoms with E-state index in [4.69, 9.17) is 10.5 Å². The van der Waals surface area contributed by atoms with Crippen LogP contribution in [0, 0.1) is 0 Å². The van der Waals surface area contributed by atoms with Crippen LogP contribution >= 0.6 is 11.3 Å². The molecule has 3 N–H and O–H groups in total. The number of carbonyl (C=O) groups excluding carboxylic acids is 3. The standard InChI is InChI=1S/C21H31N5O4S/c22-20(29)19-15-3-1-2-4-16(15)31-21(19)23-17(27)13-24-5-7-26(8-6-24)18(28)14-25-9-11-30-12-10-25/h1-14H2,(H2,22,29)(H,23,27). The third kappa shape index (κ3) is 5.43. The highest BCUT2D eigenvalue weighted by atomic mass is 32.1. The van der Waals surface area contributed by atoms with Crippen LogP contribution in [0.2, 0.25) is 0 Å². The van der Waals surface area contributed by atoms with Gasteiger partial charge in [-0.05, 0) is 31.2 Å². The van der Waals surface area contributed by atoms with E-state index < -0.39 is 5.91 Å². The number of piperazine rings is 1. The fourth-order valence-corrected chi connectivity index (χ4v) is 5.80. The first-order valence-electron chi connectivity index (χ1n) is 11.1. The number of primary amides is 1. The number of hydrogen-bond donors (Lipinski definition) is 2. The second-order valence-electron chi connectivity index (χ2n) is 8.37. The first-order chi connectivity index (χ1) is 15.0. The van der Waals surface area contributed by atoms with Gasteiger partial charge in [0.15, 0.2) is 0 Å². The SMILES string of the molecule is NC(=O)c1c(NC(=O)CN2CCN(C(=O)CN3CCOCC3)CC2)sc2c1CCCC2. The molecule has 2 aliphatic heterocycles. The number of ether oxygens (including phenoxy) is 1. The molecule has 2 fully saturated rings. The van der Waals surface area contributed by atoms with Gasteiger partial charge in [0.1, 0.15) is 5.00 Å². The van der Waals surface area contributed by atoms with E-state index in [0.29, 0.717) is 56.5 Å². The van der Waals surface area contributed by atoms with Gasteiger partial charge in [-0.15, -0.1) is 11.3 Å². The highest BCUT2D eigenvalue weighted by Crippen LogP contribution is 2.37. The van der Waals surface area contributed by atoms with Gasteiger partial charge in [0, 0.05) is 44.1 Å². The Morgan fingerprint density at radius 3 is 2.32 bits per heavy atom. The van der Waals surface area contributed by atoms with Crippen molar-refractivity contribution in [3.05, 3.63) is 16.0 Å². The highest BCUT2D eigenvalue weighted by Gasteiger charge is 2.27. The molecule has 3 aliphatic rings. The van der Waals surface area contributed by atoms with Crippen LogP contribution in [0.4, 0.5) is 5.00 Å². The van der Waals surface area contributed by atoms with Gasteiger partial charge >= 0.3 is 0 Å². The summed E-state index contributed by atoms with van der Waals surface area (Å²) in [5, 5.41) is 3.51. The Balaban J connectivity index is 1.26. The lowest BCUT2D eigenvalue weighted by atomic mass is 9.95. The molecule has 4 rings (SSSR count). The molecular formula is C21H31N5O4S. The number of aryl methyl sites for hydroxylation is 1. The Labute approximate surface area is 186 Å². The van der Waals surface area contributed by atoms with Crippen LogP contribution in [0.25, 0.3) is 0 Å². The molecule has 1 aromatic heterocycles. The minimum atomic E-state index is -0.470. The van der Waals surface area contributed by atoms with Crippen LogP contribution in [-0.4, -0.2) is 98.0 Å². The summed E-state index contributed by atoms with van der Waals surface area (Å²) < 4.78 is 5.33. The van der Waals surface area contributed by atoms with Crippen molar-refractivity contribution in [2.24, 2.45) is 5.73 Å². The Kier molecular flexibility index (Phi) is 7.21. The van der Waals surface area contributed by atoms with E-state index in [1.165, 1.54) is 16.2 Å². The Morgan fingerprint density at radius 2 is 1.61 bits per heavy atom. The smallest absolute Gasteiger partial charge is 0.251 e. The third-order valence-electron chi connectivity index (χ3n) is 6.23. The number of fused-ring (bicyclic) bond motifs is 1. The van der Waals surface area contributed by atoms with Crippen molar-refractivity contribution in [2.75, 3.05) is 70.9 Å². The number of nitrogens with one attached hydrogen (secondary N) is 1. The molecule has 1 aliphatic carbocycles. The number of morpholine rings is 1. The van der Waals surface area contributed by atoms with Crippen molar-refractivity contribution in [2.45, 2.75) is 25.7 Å². The number of carbonyl (C=O) groups is 3. The topological polar surface area (TPSA) is 108 Å². The summed E-state index contributed by atoms with van der Waals surface area (Å²) in [5.74, 6) is -0.474. The maximum Gasteiger partial charge on any atom is 0.251 e. The largest absolute Gasteiger partial charge is 0.379 e. The van der Waals surface area contributed by atoms with Gasteiger partial charge in [-0.2, -0.15) is 0 Å². The van der Waals surface area contributed by atoms with Crippen molar-refractivity contribution >= 4 is 34.1 Å². The van der Waals surface area contributed by atoms with Crippen LogP contribution in [0.3, 0.4) is 0 Å². The van der Waals surface area contributed by atoms with E-state index in [2.05, 4.69) is 10.2 Å². The minimum Gasteiger partial charge on any atom is -0.379 e. The third-order valence-corrected chi connectivity index (χ3v) is 7.43. The van der Waals surface area contributed by atoms with Crippen LogP contribution < -0.4 is 11.1 Å². The van der Waals surface area contributed by atoms with Crippen molar-refractivity contribution in [1.29, 1.82) is 0 Å². The second-order valence-corrected chi connectivity index (χ2v) is 9.48. The van der Waals surface area contributed by atoms with Gasteiger partial charge in [0.05, 0.1) is 31.9 Å². The summed E-state index contributed by atoms with van der Waals surface area (Å²) in [6.45, 7) is 6.19. The zero-order valence-electron chi connectivity index (χ0n) is 17.9. The molecule has 0 spiro atoms. The van der Waals surface area contributed by atoms with Gasteiger partial charge in [0.2, 0.25) is 11.8 Å². The summed E-state index contributed by atoms with van der Waals surface area (Å²) in [7, 11) is 0. The lowest BCUT2D eigenvalue weighted by molar-refractivity contribution is -0.135. The number of amides is 3. The van der Waals surface area contributed by atoms with Crippen molar-refractivity contribution in [3.8, 4) is 0 Å². The van der Waals surface area contributed by atoms with Crippen molar-refractivity contribution in [1.82, 2.24) is 14.7 Å². The Morgan fingerprint density at radius 1 is 0.935 bits per heavy atom. The number of nitrogens with two attached hydrogens (primary N) is 1. The average Bonchev–Trinajstić information content (AvgIpc) is 3.12. The molecule has 0 unspecified atom stereocenters. The van der Waals surface area contributed by atoms with E-state index >= 15 is 0 Å². The second kappa shape index (κ2) is 10.1. The van der Waals surface area contributed by atoms with E-state index in [-0.39, 0.29) is 18.4 Å². The molecule has 31 heavy (non-hydrogen) atoms. The molecule has 2 saturated heterocycles. The minimum absolute atomic E-state index is 0.140. The van der Waals surface area contributed by atoms with Crippen molar-refractivity contribution in [3.63, 3.8) is 0 Å². The van der Waals surface area contributed by atoms with Gasteiger partial charge in [-0.1, -0.05) is 0 Å². The van der Waals surface area contributed by atoms with Crippen LogP contribution in [0.1, 0.15) is 33.6 Å². The Hall–Kier alpha value is -2.01. The highest BCUT2D eigenvalue weighted by molar-refractivity contribution is 7.17. The monoisotopic (exact) mass is 449 g/mol. The quantitative estimate of drug-likeness (QED) is 0.640. The summed E-state index contributed by atoms with van der Waals surface area (Å²) in [5.41, 5.74) is 7.12. The first kappa shape index (κ1) is 22.2. The van der Waals surface area contributed by atoms with Crippen LogP contribution in [0.5, 0.6) is 0 Å². The van der Waals surface area contributed by atoms with E-state index in [9.17, 15) is 14.4 Å². The average molecular weight is 450 g/mol. The summed E-state index contributed by atoms with van der Waals surface area (Å²) in [6, 6.07) is 0. The number of anilines is 1. The van der Waals surface area contributed by atoms with E-state index in [0.717, 1.165) is 44.3 Å². The number of thiophene rings is 1. The van der Waals surface area contributed by atoms with Crippen molar-refractivity contribution < 1.29 is 19.1 Å². The van der Waals surface area contributed by atoms with Gasteiger partial charge in [-0.3, -0.25) is 24.2 Å². The fourth-order valence-electron chi connectivity index (χ4n) is 4.49. The Bertz CT molecular complexity index is 828. The molecule has 1 aromatic rings. The zero-order valence-corrected chi connectivity index (χ0v) is 18.7. The summed E-state index contributed by atoms with van der Waals surface area (Å²) in [6.07, 6.45) is 3.94. The number of rotatable bonds is 6. The predicted octanol–water partition coefficient (Wildman–Crippen LogP) is 0.141. The predicted molar refractivity (Wildman–Crippen MR) is 118 cm³/mol. The normalized spacial score (nSPS) is 20.3. The summed E-state index contributed by atoms with van der Waals surface area (Å²) in [4.78, 5) is 44.4. The molecule has 0 bridgehead atoms. The molecule has 3 amide bonds. The lowest BCUT2D eigenvalue weighted by Crippen LogP contribution is -2.53. The van der Waals surface area contributed by atoms with Crippen LogP contribution in [-0.2, 0) is 27.2 Å². The summed E-state index contributed by atoms with van der Waals surface area (Å²) >= 11 is 1.48. The molecule has 9 nitrogen and oxygen atoms in total. The molecule has 0 saturated carbocycles. The molecule has 0 radical (unpaired) electrons. The fraction of sp³-hybridized carbons (Fsp3) is 0.667. The molecule has 0 aromatic carbocycles. The van der Waals surface area contributed by atoms with Gasteiger partial charge in [0.25, 0.3) is 5.91 Å². The number of nitrogens with zero attached hydrogens (tertiary/aromatic N) is 3. The molecule has 170 valence electrons. The molecular weight excluding hydrogens is 418 g/mol. The maximum absolute atomic E-state index is 12.6. The van der Waals surface area contributed by atoms with E-state index in [1.807, 2.05) is 9.80 Å². The lowest BCUT2D eigenvalue weighted by Gasteiger charge is -2.36.